The van der Waals surface area contributed by atoms with Crippen LogP contribution in [0.4, 0.5) is 18.9 Å². The third kappa shape index (κ3) is 5.42. The highest BCUT2D eigenvalue weighted by atomic mass is 19.4. The van der Waals surface area contributed by atoms with E-state index < -0.39 is 23.2 Å². The number of alkyl halides is 3. The topological polar surface area (TPSA) is 69.7 Å². The molecule has 2 aromatic rings. The van der Waals surface area contributed by atoms with E-state index in [0.717, 1.165) is 6.07 Å². The average molecular weight is 433 g/mol. The average Bonchev–Trinajstić information content (AvgIpc) is 2.98. The summed E-state index contributed by atoms with van der Waals surface area (Å²) in [4.78, 5) is 39.8. The maximum absolute atomic E-state index is 13.3. The molecule has 0 saturated carbocycles. The molecule has 0 unspecified atom stereocenters. The summed E-state index contributed by atoms with van der Waals surface area (Å²) in [5.74, 6) is -1.22. The smallest absolute Gasteiger partial charge is 0.337 e. The molecule has 1 aliphatic heterocycles. The number of carbonyl (C=O) groups excluding carboxylic acids is 3. The molecule has 1 saturated heterocycles. The number of halogens is 3. The van der Waals surface area contributed by atoms with Crippen molar-refractivity contribution in [3.8, 4) is 0 Å². The lowest BCUT2D eigenvalue weighted by Gasteiger charge is -2.23. The second kappa shape index (κ2) is 9.20. The van der Waals surface area contributed by atoms with Gasteiger partial charge in [0.2, 0.25) is 5.91 Å². The quantitative estimate of drug-likeness (QED) is 0.804. The first-order valence-corrected chi connectivity index (χ1v) is 9.79. The van der Waals surface area contributed by atoms with E-state index >= 15 is 0 Å². The van der Waals surface area contributed by atoms with Crippen molar-refractivity contribution in [3.63, 3.8) is 0 Å². The fourth-order valence-corrected chi connectivity index (χ4v) is 3.53. The highest BCUT2D eigenvalue weighted by Gasteiger charge is 2.36. The molecule has 0 bridgehead atoms. The molecule has 2 aromatic carbocycles. The Morgan fingerprint density at radius 3 is 2.16 bits per heavy atom. The fraction of sp³-hybridized carbons (Fsp3) is 0.318. The molecule has 3 rings (SSSR count). The summed E-state index contributed by atoms with van der Waals surface area (Å²) in [5, 5.41) is 2.62. The number of benzene rings is 2. The maximum atomic E-state index is 13.3. The Labute approximate surface area is 177 Å². The largest absolute Gasteiger partial charge is 0.417 e. The van der Waals surface area contributed by atoms with Crippen molar-refractivity contribution in [3.05, 3.63) is 65.2 Å². The lowest BCUT2D eigenvalue weighted by atomic mass is 10.1. The molecule has 0 radical (unpaired) electrons. The van der Waals surface area contributed by atoms with Crippen LogP contribution in [0, 0.1) is 0 Å². The van der Waals surface area contributed by atoms with Crippen LogP contribution in [0.5, 0.6) is 0 Å². The van der Waals surface area contributed by atoms with Gasteiger partial charge in [0.05, 0.1) is 11.1 Å². The highest BCUT2D eigenvalue weighted by molar-refractivity contribution is 5.97. The summed E-state index contributed by atoms with van der Waals surface area (Å²) in [6, 6.07) is 11.2. The van der Waals surface area contributed by atoms with Crippen LogP contribution in [-0.2, 0) is 11.0 Å². The molecule has 3 amide bonds. The van der Waals surface area contributed by atoms with E-state index in [1.54, 1.807) is 29.2 Å². The Morgan fingerprint density at radius 1 is 0.871 bits per heavy atom. The molecule has 1 heterocycles. The summed E-state index contributed by atoms with van der Waals surface area (Å²) >= 11 is 0. The molecule has 31 heavy (non-hydrogen) atoms. The number of hydrogen-bond acceptors (Lipinski definition) is 3. The first-order valence-electron chi connectivity index (χ1n) is 9.79. The number of anilines is 1. The van der Waals surface area contributed by atoms with Crippen molar-refractivity contribution in [1.29, 1.82) is 0 Å². The van der Waals surface area contributed by atoms with Gasteiger partial charge in [0.15, 0.2) is 0 Å². The van der Waals surface area contributed by atoms with Gasteiger partial charge in [-0.1, -0.05) is 18.2 Å². The van der Waals surface area contributed by atoms with Crippen molar-refractivity contribution in [2.75, 3.05) is 31.5 Å². The van der Waals surface area contributed by atoms with Crippen LogP contribution in [-0.4, -0.2) is 53.7 Å². The standard InChI is InChI=1S/C22H22F3N3O3/c1-15(29)26-17-7-4-6-16(14-17)20(30)27-10-5-11-28(13-12-27)21(31)18-8-2-3-9-19(18)22(23,24)25/h2-4,6-9,14H,5,10-13H2,1H3,(H,26,29). The van der Waals surface area contributed by atoms with Crippen LogP contribution in [0.15, 0.2) is 48.5 Å². The van der Waals surface area contributed by atoms with Crippen LogP contribution < -0.4 is 5.32 Å². The Morgan fingerprint density at radius 2 is 1.52 bits per heavy atom. The zero-order chi connectivity index (χ0) is 22.6. The number of hydrogen-bond donors (Lipinski definition) is 1. The number of nitrogens with zero attached hydrogens (tertiary/aromatic N) is 2. The molecular weight excluding hydrogens is 411 g/mol. The second-order valence-corrected chi connectivity index (χ2v) is 7.24. The zero-order valence-electron chi connectivity index (χ0n) is 16.9. The molecule has 0 atom stereocenters. The van der Waals surface area contributed by atoms with Crippen molar-refractivity contribution in [2.45, 2.75) is 19.5 Å². The summed E-state index contributed by atoms with van der Waals surface area (Å²) in [5.41, 5.74) is -0.480. The van der Waals surface area contributed by atoms with Crippen molar-refractivity contribution in [1.82, 2.24) is 9.80 Å². The van der Waals surface area contributed by atoms with Crippen molar-refractivity contribution < 1.29 is 27.6 Å². The number of carbonyl (C=O) groups is 3. The Balaban J connectivity index is 1.72. The normalized spacial score (nSPS) is 14.7. The van der Waals surface area contributed by atoms with E-state index in [1.165, 1.54) is 30.0 Å². The van der Waals surface area contributed by atoms with E-state index in [-0.39, 0.29) is 31.4 Å². The number of rotatable bonds is 3. The Hall–Kier alpha value is -3.36. The van der Waals surface area contributed by atoms with E-state index in [4.69, 9.17) is 0 Å². The molecule has 1 N–H and O–H groups in total. The monoisotopic (exact) mass is 433 g/mol. The van der Waals surface area contributed by atoms with Crippen LogP contribution >= 0.6 is 0 Å². The van der Waals surface area contributed by atoms with Crippen LogP contribution in [0.3, 0.4) is 0 Å². The minimum absolute atomic E-state index is 0.127. The summed E-state index contributed by atoms with van der Waals surface area (Å²) < 4.78 is 39.8. The van der Waals surface area contributed by atoms with Crippen LogP contribution in [0.25, 0.3) is 0 Å². The van der Waals surface area contributed by atoms with Crippen molar-refractivity contribution in [2.24, 2.45) is 0 Å². The highest BCUT2D eigenvalue weighted by Crippen LogP contribution is 2.32. The lowest BCUT2D eigenvalue weighted by molar-refractivity contribution is -0.138. The van der Waals surface area contributed by atoms with E-state index in [1.807, 2.05) is 0 Å². The number of amides is 3. The van der Waals surface area contributed by atoms with Crippen LogP contribution in [0.1, 0.15) is 39.6 Å². The minimum Gasteiger partial charge on any atom is -0.337 e. The lowest BCUT2D eigenvalue weighted by Crippen LogP contribution is -2.38. The molecule has 164 valence electrons. The maximum Gasteiger partial charge on any atom is 0.417 e. The first kappa shape index (κ1) is 22.3. The molecule has 0 aliphatic carbocycles. The van der Waals surface area contributed by atoms with Gasteiger partial charge in [-0.25, -0.2) is 0 Å². The SMILES string of the molecule is CC(=O)Nc1cccc(C(=O)N2CCCN(C(=O)c3ccccc3C(F)(F)F)CC2)c1. The van der Waals surface area contributed by atoms with Crippen molar-refractivity contribution >= 4 is 23.4 Å². The van der Waals surface area contributed by atoms with Gasteiger partial charge in [0, 0.05) is 44.4 Å². The van der Waals surface area contributed by atoms with Gasteiger partial charge < -0.3 is 15.1 Å². The molecule has 0 aromatic heterocycles. The second-order valence-electron chi connectivity index (χ2n) is 7.24. The van der Waals surface area contributed by atoms with Gasteiger partial charge in [-0.2, -0.15) is 13.2 Å². The third-order valence-electron chi connectivity index (χ3n) is 4.96. The van der Waals surface area contributed by atoms with Gasteiger partial charge >= 0.3 is 6.18 Å². The summed E-state index contributed by atoms with van der Waals surface area (Å²) in [7, 11) is 0. The van der Waals surface area contributed by atoms with Gasteiger partial charge in [0.25, 0.3) is 11.8 Å². The van der Waals surface area contributed by atoms with Crippen LogP contribution in [0.2, 0.25) is 0 Å². The third-order valence-corrected chi connectivity index (χ3v) is 4.96. The molecular formula is C22H22F3N3O3. The van der Waals surface area contributed by atoms with Gasteiger partial charge in [0.1, 0.15) is 0 Å². The molecule has 1 aliphatic rings. The van der Waals surface area contributed by atoms with E-state index in [0.29, 0.717) is 24.2 Å². The molecule has 6 nitrogen and oxygen atoms in total. The summed E-state index contributed by atoms with van der Waals surface area (Å²) in [6.45, 7) is 2.31. The minimum atomic E-state index is -4.63. The number of nitrogens with one attached hydrogen (secondary N) is 1. The molecule has 9 heteroatoms. The van der Waals surface area contributed by atoms with E-state index in [2.05, 4.69) is 5.32 Å². The van der Waals surface area contributed by atoms with E-state index in [9.17, 15) is 27.6 Å². The first-order chi connectivity index (χ1) is 14.7. The summed E-state index contributed by atoms with van der Waals surface area (Å²) in [6.07, 6.45) is -4.18. The predicted molar refractivity (Wildman–Crippen MR) is 109 cm³/mol. The molecule has 0 spiro atoms. The predicted octanol–water partition coefficient (Wildman–Crippen LogP) is 3.65. The Bertz CT molecular complexity index is 991. The molecule has 1 fully saturated rings. The van der Waals surface area contributed by atoms with Gasteiger partial charge in [-0.3, -0.25) is 14.4 Å². The Kier molecular flexibility index (Phi) is 6.62. The van der Waals surface area contributed by atoms with Gasteiger partial charge in [-0.15, -0.1) is 0 Å². The zero-order valence-corrected chi connectivity index (χ0v) is 16.9. The fourth-order valence-electron chi connectivity index (χ4n) is 3.53. The van der Waals surface area contributed by atoms with Gasteiger partial charge in [-0.05, 0) is 36.8 Å².